The number of anilines is 3. The van der Waals surface area contributed by atoms with Gasteiger partial charge in [-0.3, -0.25) is 9.59 Å². The molecule has 0 aliphatic carbocycles. The number of hydrogen-bond donors (Lipinski definition) is 2. The predicted octanol–water partition coefficient (Wildman–Crippen LogP) is 4.40. The molecule has 0 bridgehead atoms. The van der Waals surface area contributed by atoms with Crippen LogP contribution in [-0.4, -0.2) is 50.7 Å². The van der Waals surface area contributed by atoms with Crippen molar-refractivity contribution in [3.63, 3.8) is 0 Å². The summed E-state index contributed by atoms with van der Waals surface area (Å²) in [6.45, 7) is 2.97. The first-order valence-corrected chi connectivity index (χ1v) is 11.9. The Balaban J connectivity index is 1.53. The zero-order valence-corrected chi connectivity index (χ0v) is 20.8. The van der Waals surface area contributed by atoms with Crippen molar-refractivity contribution in [3.05, 3.63) is 77.6 Å². The van der Waals surface area contributed by atoms with Crippen molar-refractivity contribution in [2.45, 2.75) is 6.92 Å². The number of nitrogens with one attached hydrogen (secondary N) is 2. The molecular weight excluding hydrogens is 475 g/mol. The van der Waals surface area contributed by atoms with E-state index in [0.717, 1.165) is 12.2 Å². The van der Waals surface area contributed by atoms with Crippen LogP contribution in [0.5, 0.6) is 11.5 Å². The van der Waals surface area contributed by atoms with Gasteiger partial charge in [0.2, 0.25) is 12.7 Å². The number of fused-ring (bicyclic) bond motifs is 2. The first-order chi connectivity index (χ1) is 17.8. The van der Waals surface area contributed by atoms with Crippen molar-refractivity contribution in [1.82, 2.24) is 4.90 Å². The number of ether oxygens (including phenoxy) is 2. The first kappa shape index (κ1) is 24.3. The molecule has 0 saturated carbocycles. The highest BCUT2D eigenvalue weighted by atomic mass is 19.1. The van der Waals surface area contributed by atoms with Gasteiger partial charge in [0.15, 0.2) is 11.5 Å². The summed E-state index contributed by atoms with van der Waals surface area (Å²) in [6, 6.07) is 17.1. The highest BCUT2D eigenvalue weighted by Gasteiger charge is 2.29. The average molecular weight is 503 g/mol. The number of amides is 2. The molecule has 9 heteroatoms. The van der Waals surface area contributed by atoms with Gasteiger partial charge in [-0.1, -0.05) is 0 Å². The third kappa shape index (κ3) is 4.99. The minimum atomic E-state index is -0.433. The molecule has 2 heterocycles. The smallest absolute Gasteiger partial charge is 0.258 e. The summed E-state index contributed by atoms with van der Waals surface area (Å²) in [5.74, 6) is 0.375. The Hall–Kier alpha value is -4.37. The van der Waals surface area contributed by atoms with Crippen LogP contribution in [0.3, 0.4) is 0 Å². The zero-order chi connectivity index (χ0) is 26.1. The molecule has 190 valence electrons. The number of rotatable bonds is 7. The topological polar surface area (TPSA) is 83.1 Å². The van der Waals surface area contributed by atoms with Crippen LogP contribution in [0.25, 0.3) is 11.3 Å². The quantitative estimate of drug-likeness (QED) is 0.466. The number of hydrogen-bond acceptors (Lipinski definition) is 6. The molecule has 0 saturated heterocycles. The normalized spacial score (nSPS) is 14.9. The maximum absolute atomic E-state index is 13.9. The van der Waals surface area contributed by atoms with Gasteiger partial charge in [0, 0.05) is 42.5 Å². The van der Waals surface area contributed by atoms with Crippen LogP contribution in [0.4, 0.5) is 21.5 Å². The van der Waals surface area contributed by atoms with Gasteiger partial charge in [-0.05, 0) is 74.8 Å². The van der Waals surface area contributed by atoms with E-state index in [1.807, 2.05) is 49.3 Å². The fraction of sp³-hybridized carbons (Fsp3) is 0.214. The largest absolute Gasteiger partial charge is 0.454 e. The monoisotopic (exact) mass is 502 g/mol. The molecule has 2 aliphatic rings. The minimum absolute atomic E-state index is 0.0443. The highest BCUT2D eigenvalue weighted by molar-refractivity contribution is 6.37. The number of benzene rings is 3. The molecule has 0 unspecified atom stereocenters. The molecule has 3 aromatic carbocycles. The van der Waals surface area contributed by atoms with E-state index in [0.29, 0.717) is 51.8 Å². The van der Waals surface area contributed by atoms with Gasteiger partial charge in [-0.15, -0.1) is 0 Å². The van der Waals surface area contributed by atoms with Gasteiger partial charge < -0.3 is 29.9 Å². The molecule has 2 N–H and O–H groups in total. The van der Waals surface area contributed by atoms with Gasteiger partial charge in [0.05, 0.1) is 17.0 Å². The van der Waals surface area contributed by atoms with E-state index >= 15 is 0 Å². The molecule has 8 nitrogen and oxygen atoms in total. The number of carbonyl (C=O) groups is 2. The van der Waals surface area contributed by atoms with Crippen molar-refractivity contribution >= 4 is 40.1 Å². The van der Waals surface area contributed by atoms with E-state index < -0.39 is 5.82 Å². The molecule has 2 amide bonds. The molecule has 0 radical (unpaired) electrons. The fourth-order valence-electron chi connectivity index (χ4n) is 4.36. The summed E-state index contributed by atoms with van der Waals surface area (Å²) in [5.41, 5.74) is 4.11. The summed E-state index contributed by atoms with van der Waals surface area (Å²) < 4.78 is 24.8. The lowest BCUT2D eigenvalue weighted by molar-refractivity contribution is -0.116. The Morgan fingerprint density at radius 1 is 1.00 bits per heavy atom. The third-order valence-corrected chi connectivity index (χ3v) is 6.24. The predicted molar refractivity (Wildman–Crippen MR) is 141 cm³/mol. The minimum Gasteiger partial charge on any atom is -0.454 e. The SMILES string of the molecule is CC(=O)N(CCN(C)C)c1ccc(N/C(=C2\C(=O)Nc3cc(F)ccc32)c2ccc3c(c2)OCO3)cc1. The second-order valence-corrected chi connectivity index (χ2v) is 9.11. The van der Waals surface area contributed by atoms with E-state index in [2.05, 4.69) is 10.6 Å². The number of carbonyl (C=O) groups excluding carboxylic acids is 2. The summed E-state index contributed by atoms with van der Waals surface area (Å²) >= 11 is 0. The number of likely N-dealkylation sites (N-methyl/N-ethyl adjacent to an activating group) is 1. The van der Waals surface area contributed by atoms with E-state index in [4.69, 9.17) is 9.47 Å². The second kappa shape index (κ2) is 9.94. The van der Waals surface area contributed by atoms with Crippen LogP contribution < -0.4 is 25.0 Å². The van der Waals surface area contributed by atoms with Gasteiger partial charge in [0.25, 0.3) is 5.91 Å². The first-order valence-electron chi connectivity index (χ1n) is 11.9. The summed E-state index contributed by atoms with van der Waals surface area (Å²) in [4.78, 5) is 29.1. The lowest BCUT2D eigenvalue weighted by atomic mass is 9.99. The lowest BCUT2D eigenvalue weighted by Gasteiger charge is -2.23. The van der Waals surface area contributed by atoms with E-state index in [1.54, 1.807) is 30.0 Å². The number of nitrogens with zero attached hydrogens (tertiary/aromatic N) is 2. The van der Waals surface area contributed by atoms with Crippen LogP contribution in [0.2, 0.25) is 0 Å². The molecule has 0 aromatic heterocycles. The average Bonchev–Trinajstić information content (AvgIpc) is 3.45. The van der Waals surface area contributed by atoms with Gasteiger partial charge in [0.1, 0.15) is 5.82 Å². The van der Waals surface area contributed by atoms with Gasteiger partial charge in [-0.2, -0.15) is 0 Å². The molecule has 5 rings (SSSR count). The van der Waals surface area contributed by atoms with E-state index in [1.165, 1.54) is 12.1 Å². The van der Waals surface area contributed by atoms with Crippen LogP contribution in [-0.2, 0) is 9.59 Å². The fourth-order valence-corrected chi connectivity index (χ4v) is 4.36. The number of halogens is 1. The zero-order valence-electron chi connectivity index (χ0n) is 20.8. The van der Waals surface area contributed by atoms with Crippen molar-refractivity contribution < 1.29 is 23.5 Å². The highest BCUT2D eigenvalue weighted by Crippen LogP contribution is 2.41. The van der Waals surface area contributed by atoms with E-state index in [-0.39, 0.29) is 18.6 Å². The Bertz CT molecular complexity index is 1400. The van der Waals surface area contributed by atoms with Gasteiger partial charge >= 0.3 is 0 Å². The van der Waals surface area contributed by atoms with Crippen LogP contribution >= 0.6 is 0 Å². The molecule has 0 spiro atoms. The molecule has 37 heavy (non-hydrogen) atoms. The molecular formula is C28H27FN4O4. The molecule has 0 fully saturated rings. The molecule has 3 aromatic rings. The van der Waals surface area contributed by atoms with Crippen molar-refractivity contribution in [1.29, 1.82) is 0 Å². The summed E-state index contributed by atoms with van der Waals surface area (Å²) in [5, 5.41) is 6.13. The van der Waals surface area contributed by atoms with Crippen LogP contribution in [0.1, 0.15) is 18.1 Å². The standard InChI is InChI=1S/C28H27FN4O4/c1-17(34)33(13-12-32(2)3)21-8-6-20(7-9-21)30-27(18-4-11-24-25(14-18)37-16-36-24)26-22-10-5-19(29)15-23(22)31-28(26)35/h4-11,14-15,30H,12-13,16H2,1-3H3,(H,31,35)/b27-26-. The lowest BCUT2D eigenvalue weighted by Crippen LogP contribution is -2.35. The molecule has 0 atom stereocenters. The third-order valence-electron chi connectivity index (χ3n) is 6.24. The van der Waals surface area contributed by atoms with Crippen LogP contribution in [0, 0.1) is 5.82 Å². The van der Waals surface area contributed by atoms with Crippen molar-refractivity contribution in [2.75, 3.05) is 49.5 Å². The van der Waals surface area contributed by atoms with Crippen molar-refractivity contribution in [2.24, 2.45) is 0 Å². The second-order valence-electron chi connectivity index (χ2n) is 9.11. The maximum Gasteiger partial charge on any atom is 0.258 e. The Kier molecular flexibility index (Phi) is 6.54. The van der Waals surface area contributed by atoms with Crippen LogP contribution in [0.15, 0.2) is 60.7 Å². The Labute approximate surface area is 214 Å². The Morgan fingerprint density at radius 2 is 1.76 bits per heavy atom. The van der Waals surface area contributed by atoms with Crippen molar-refractivity contribution in [3.8, 4) is 11.5 Å². The summed E-state index contributed by atoms with van der Waals surface area (Å²) in [6.07, 6.45) is 0. The summed E-state index contributed by atoms with van der Waals surface area (Å²) in [7, 11) is 3.92. The maximum atomic E-state index is 13.9. The van der Waals surface area contributed by atoms with E-state index in [9.17, 15) is 14.0 Å². The molecule has 2 aliphatic heterocycles. The Morgan fingerprint density at radius 3 is 2.49 bits per heavy atom. The van der Waals surface area contributed by atoms with Gasteiger partial charge in [-0.25, -0.2) is 4.39 Å².